The zero-order valence-electron chi connectivity index (χ0n) is 33.7. The second-order valence-electron chi connectivity index (χ2n) is 16.0. The number of rotatable bonds is 10. The molecule has 2 aromatic carbocycles. The Hall–Kier alpha value is -5.66. The number of benzene rings is 2. The third-order valence-corrected chi connectivity index (χ3v) is 11.6. The van der Waals surface area contributed by atoms with Gasteiger partial charge in [-0.15, -0.1) is 0 Å². The maximum absolute atomic E-state index is 13.8. The molecule has 2 aliphatic heterocycles. The fourth-order valence-corrected chi connectivity index (χ4v) is 8.55. The normalized spacial score (nSPS) is 18.8. The maximum atomic E-state index is 13.8. The molecule has 2 aromatic heterocycles. The molecule has 57 heavy (non-hydrogen) atoms. The first kappa shape index (κ1) is 39.6. The van der Waals surface area contributed by atoms with Crippen molar-refractivity contribution in [1.29, 1.82) is 0 Å². The number of fused-ring (bicyclic) bond motifs is 3. The first-order valence-corrected chi connectivity index (χ1v) is 20.1. The lowest BCUT2D eigenvalue weighted by Gasteiger charge is -2.30. The number of alkyl carbamates (subject to hydrolysis) is 2. The van der Waals surface area contributed by atoms with E-state index >= 15 is 0 Å². The Bertz CT molecular complexity index is 2120. The number of aryl methyl sites for hydroxylation is 2. The van der Waals surface area contributed by atoms with Gasteiger partial charge < -0.3 is 39.9 Å². The lowest BCUT2D eigenvalue weighted by molar-refractivity contribution is -0.136. The summed E-state index contributed by atoms with van der Waals surface area (Å²) < 4.78 is 9.60. The van der Waals surface area contributed by atoms with Gasteiger partial charge in [-0.1, -0.05) is 58.0 Å². The predicted octanol–water partition coefficient (Wildman–Crippen LogP) is 6.71. The molecule has 2 fully saturated rings. The summed E-state index contributed by atoms with van der Waals surface area (Å²) in [5.74, 6) is 1.00. The van der Waals surface area contributed by atoms with Crippen LogP contribution in [0.4, 0.5) is 9.59 Å². The Kier molecular flexibility index (Phi) is 11.7. The first-order chi connectivity index (χ1) is 27.5. The molecule has 14 heteroatoms. The van der Waals surface area contributed by atoms with Crippen molar-refractivity contribution in [3.63, 3.8) is 0 Å². The fourth-order valence-electron chi connectivity index (χ4n) is 8.55. The van der Waals surface area contributed by atoms with Crippen LogP contribution in [-0.4, -0.2) is 93.1 Å². The van der Waals surface area contributed by atoms with Gasteiger partial charge in [0, 0.05) is 29.9 Å². The maximum Gasteiger partial charge on any atom is 0.407 e. The topological polar surface area (TPSA) is 175 Å². The van der Waals surface area contributed by atoms with Crippen molar-refractivity contribution < 1.29 is 28.7 Å². The van der Waals surface area contributed by atoms with E-state index in [1.54, 1.807) is 0 Å². The molecule has 4 amide bonds. The van der Waals surface area contributed by atoms with E-state index in [4.69, 9.17) is 19.4 Å². The molecule has 0 spiro atoms. The standard InChI is InChI=1S/C43H54N8O6/c1-24(2)35(48-42(54)56-5)40(52)50-19-9-15-33(50)38-44-23-32(46-38)29-13-7-12-27(21-29)28-18-17-26-11-8-14-31-37(30(26)22-28)47-39(45-31)34-16-10-20-51(34)41(53)36(25(3)4)49-43(55)57-6/h7,12-13,17-18,21-25,33-36H,8-11,14-16,19-20H2,1-6H3,(H,44,46)(H,45,47)(H,48,54)(H,49,55)/t33-,34-,35-,36-/m0/s1. The van der Waals surface area contributed by atoms with Gasteiger partial charge in [0.1, 0.15) is 23.7 Å². The Balaban J connectivity index is 1.13. The van der Waals surface area contributed by atoms with Crippen LogP contribution < -0.4 is 10.6 Å². The molecular weight excluding hydrogens is 725 g/mol. The lowest BCUT2D eigenvalue weighted by atomic mass is 9.95. The number of aromatic amines is 2. The molecular formula is C43H54N8O6. The molecule has 0 saturated carbocycles. The highest BCUT2D eigenvalue weighted by atomic mass is 16.5. The van der Waals surface area contributed by atoms with Gasteiger partial charge in [-0.2, -0.15) is 0 Å². The highest BCUT2D eigenvalue weighted by Crippen LogP contribution is 2.39. The van der Waals surface area contributed by atoms with E-state index in [1.165, 1.54) is 19.8 Å². The number of H-pyrrole nitrogens is 2. The monoisotopic (exact) mass is 778 g/mol. The van der Waals surface area contributed by atoms with E-state index in [1.807, 2.05) is 55.8 Å². The fraction of sp³-hybridized carbons (Fsp3) is 0.488. The number of aromatic nitrogens is 4. The molecule has 14 nitrogen and oxygen atoms in total. The molecule has 3 aliphatic rings. The number of nitrogens with zero attached hydrogens (tertiary/aromatic N) is 4. The summed E-state index contributed by atoms with van der Waals surface area (Å²) in [5, 5.41) is 5.45. The Labute approximate surface area is 333 Å². The zero-order chi connectivity index (χ0) is 40.4. The number of hydrogen-bond donors (Lipinski definition) is 4. The van der Waals surface area contributed by atoms with Crippen LogP contribution in [0.15, 0.2) is 48.7 Å². The van der Waals surface area contributed by atoms with E-state index in [9.17, 15) is 19.2 Å². The van der Waals surface area contributed by atoms with Crippen LogP contribution in [0.2, 0.25) is 0 Å². The number of likely N-dealkylation sites (tertiary alicyclic amines) is 2. The Morgan fingerprint density at radius 3 is 1.95 bits per heavy atom. The van der Waals surface area contributed by atoms with Gasteiger partial charge in [-0.25, -0.2) is 19.6 Å². The van der Waals surface area contributed by atoms with Gasteiger partial charge in [-0.3, -0.25) is 9.59 Å². The minimum atomic E-state index is -0.699. The van der Waals surface area contributed by atoms with Gasteiger partial charge >= 0.3 is 12.2 Å². The number of methoxy groups -OCH3 is 2. The van der Waals surface area contributed by atoms with Crippen molar-refractivity contribution in [2.75, 3.05) is 27.3 Å². The molecule has 7 rings (SSSR count). The average Bonchev–Trinajstić information content (AvgIpc) is 4.04. The number of imidazole rings is 2. The minimum Gasteiger partial charge on any atom is -0.453 e. The van der Waals surface area contributed by atoms with E-state index in [-0.39, 0.29) is 35.7 Å². The number of nitrogens with one attached hydrogen (secondary N) is 4. The smallest absolute Gasteiger partial charge is 0.407 e. The van der Waals surface area contributed by atoms with Gasteiger partial charge in [0.25, 0.3) is 0 Å². The molecule has 2 saturated heterocycles. The van der Waals surface area contributed by atoms with Crippen LogP contribution in [0.5, 0.6) is 0 Å². The van der Waals surface area contributed by atoms with E-state index in [2.05, 4.69) is 50.9 Å². The quantitative estimate of drug-likeness (QED) is 0.137. The predicted molar refractivity (Wildman–Crippen MR) is 215 cm³/mol. The van der Waals surface area contributed by atoms with Gasteiger partial charge in [0.15, 0.2) is 0 Å². The number of hydrogen-bond acceptors (Lipinski definition) is 8. The SMILES string of the molecule is COC(=O)N[C@H](C(=O)N1CCC[C@H]1c1ncc(-c2cccc(-c3ccc4c(c3)-c3nc([C@@H]5CCCN5C(=O)[C@@H](NC(=O)OC)C(C)C)[nH]c3CCC4)c2)[nH]1)C(C)C. The van der Waals surface area contributed by atoms with Crippen LogP contribution >= 0.6 is 0 Å². The molecule has 4 heterocycles. The number of ether oxygens (including phenoxy) is 2. The van der Waals surface area contributed by atoms with Crippen LogP contribution in [-0.2, 0) is 31.9 Å². The van der Waals surface area contributed by atoms with Crippen LogP contribution in [0, 0.1) is 11.8 Å². The summed E-state index contributed by atoms with van der Waals surface area (Å²) in [6.07, 6.45) is 6.60. The first-order valence-electron chi connectivity index (χ1n) is 20.1. The number of carbonyl (C=O) groups excluding carboxylic acids is 4. The second kappa shape index (κ2) is 16.8. The molecule has 4 aromatic rings. The van der Waals surface area contributed by atoms with Crippen molar-refractivity contribution in [1.82, 2.24) is 40.4 Å². The highest BCUT2D eigenvalue weighted by Gasteiger charge is 2.39. The molecule has 4 atom stereocenters. The van der Waals surface area contributed by atoms with Gasteiger partial charge in [-0.05, 0) is 85.6 Å². The summed E-state index contributed by atoms with van der Waals surface area (Å²) in [6, 6.07) is 13.1. The van der Waals surface area contributed by atoms with Crippen molar-refractivity contribution in [3.05, 3.63) is 71.6 Å². The minimum absolute atomic E-state index is 0.112. The third-order valence-electron chi connectivity index (χ3n) is 11.6. The van der Waals surface area contributed by atoms with Gasteiger partial charge in [0.05, 0.1) is 43.9 Å². The summed E-state index contributed by atoms with van der Waals surface area (Å²) in [6.45, 7) is 8.83. The summed E-state index contributed by atoms with van der Waals surface area (Å²) in [4.78, 5) is 72.4. The third kappa shape index (κ3) is 8.12. The molecule has 4 N–H and O–H groups in total. The van der Waals surface area contributed by atoms with E-state index < -0.39 is 24.3 Å². The second-order valence-corrected chi connectivity index (χ2v) is 16.0. The molecule has 0 bridgehead atoms. The van der Waals surface area contributed by atoms with E-state index in [0.29, 0.717) is 13.1 Å². The molecule has 302 valence electrons. The van der Waals surface area contributed by atoms with Crippen LogP contribution in [0.1, 0.15) is 94.8 Å². The highest BCUT2D eigenvalue weighted by molar-refractivity contribution is 5.87. The van der Waals surface area contributed by atoms with Crippen molar-refractivity contribution >= 4 is 24.0 Å². The van der Waals surface area contributed by atoms with Crippen molar-refractivity contribution in [2.45, 2.75) is 96.8 Å². The summed E-state index contributed by atoms with van der Waals surface area (Å²) in [5.41, 5.74) is 8.26. The van der Waals surface area contributed by atoms with Crippen LogP contribution in [0.3, 0.4) is 0 Å². The number of amides is 4. The van der Waals surface area contributed by atoms with Crippen molar-refractivity contribution in [3.8, 4) is 33.6 Å². The zero-order valence-corrected chi connectivity index (χ0v) is 33.7. The van der Waals surface area contributed by atoms with Crippen molar-refractivity contribution in [2.24, 2.45) is 11.8 Å². The average molecular weight is 779 g/mol. The lowest BCUT2D eigenvalue weighted by Crippen LogP contribution is -2.51. The number of carbonyl (C=O) groups is 4. The molecule has 0 unspecified atom stereocenters. The van der Waals surface area contributed by atoms with E-state index in [0.717, 1.165) is 95.9 Å². The Morgan fingerprint density at radius 2 is 1.33 bits per heavy atom. The van der Waals surface area contributed by atoms with Crippen LogP contribution in [0.25, 0.3) is 33.6 Å². The van der Waals surface area contributed by atoms with Gasteiger partial charge in [0.2, 0.25) is 11.8 Å². The molecule has 0 radical (unpaired) electrons. The molecule has 1 aliphatic carbocycles. The summed E-state index contributed by atoms with van der Waals surface area (Å²) >= 11 is 0. The Morgan fingerprint density at radius 1 is 0.737 bits per heavy atom. The summed E-state index contributed by atoms with van der Waals surface area (Å²) in [7, 11) is 2.59. The largest absolute Gasteiger partial charge is 0.453 e.